The summed E-state index contributed by atoms with van der Waals surface area (Å²) in [4.78, 5) is 24.0. The molecular weight excluding hydrogens is 426 g/mol. The molecular formula is C21H25NO8S. The molecule has 0 amide bonds. The Labute approximate surface area is 180 Å². The van der Waals surface area contributed by atoms with E-state index >= 15 is 0 Å². The second kappa shape index (κ2) is 11.0. The average Bonchev–Trinajstić information content (AvgIpc) is 2.71. The van der Waals surface area contributed by atoms with Crippen molar-refractivity contribution >= 4 is 22.1 Å². The summed E-state index contributed by atoms with van der Waals surface area (Å²) in [5.74, 6) is -2.67. The Hall–Kier alpha value is -2.79. The number of hydrogen-bond acceptors (Lipinski definition) is 7. The molecule has 0 saturated heterocycles. The van der Waals surface area contributed by atoms with Crippen LogP contribution >= 0.6 is 0 Å². The number of carbonyl (C=O) groups is 2. The molecule has 0 aromatic heterocycles. The summed E-state index contributed by atoms with van der Waals surface area (Å²) in [7, 11) is -4.11. The predicted molar refractivity (Wildman–Crippen MR) is 111 cm³/mol. The minimum absolute atomic E-state index is 0.0485. The molecule has 0 aliphatic heterocycles. The van der Waals surface area contributed by atoms with Gasteiger partial charge < -0.3 is 15.3 Å². The molecule has 10 heteroatoms. The highest BCUT2D eigenvalue weighted by Gasteiger charge is 2.30. The van der Waals surface area contributed by atoms with E-state index in [2.05, 4.69) is 0 Å². The monoisotopic (exact) mass is 451 g/mol. The molecule has 0 spiro atoms. The SMILES string of the molecule is Cc1ccc(S(=O)(=O)OC[C@H](O)CN(Cc2ccccc2)C(CC(=O)O)C(=O)O)cc1. The van der Waals surface area contributed by atoms with Crippen LogP contribution in [0, 0.1) is 6.92 Å². The van der Waals surface area contributed by atoms with E-state index in [4.69, 9.17) is 9.29 Å². The highest BCUT2D eigenvalue weighted by atomic mass is 32.2. The van der Waals surface area contributed by atoms with Gasteiger partial charge in [0.15, 0.2) is 0 Å². The standard InChI is InChI=1S/C21H25NO8S/c1-15-7-9-18(10-8-15)31(28,29)30-14-17(23)13-22(12-16-5-3-2-4-6-16)19(21(26)27)11-20(24)25/h2-10,17,19,23H,11-14H2,1H3,(H,24,25)(H,26,27)/t17-,19?/m1/s1. The van der Waals surface area contributed by atoms with Gasteiger partial charge in [0.1, 0.15) is 6.04 Å². The first kappa shape index (κ1) is 24.5. The number of rotatable bonds is 12. The summed E-state index contributed by atoms with van der Waals surface area (Å²) in [5, 5.41) is 28.9. The second-order valence-corrected chi connectivity index (χ2v) is 8.69. The van der Waals surface area contributed by atoms with E-state index in [1.54, 1.807) is 49.4 Å². The van der Waals surface area contributed by atoms with E-state index in [1.165, 1.54) is 17.0 Å². The molecule has 0 fully saturated rings. The van der Waals surface area contributed by atoms with Gasteiger partial charge in [0, 0.05) is 13.1 Å². The van der Waals surface area contributed by atoms with Crippen molar-refractivity contribution in [1.29, 1.82) is 0 Å². The number of aliphatic carboxylic acids is 2. The predicted octanol–water partition coefficient (Wildman–Crippen LogP) is 1.49. The number of carboxylic acid groups (broad SMARTS) is 2. The van der Waals surface area contributed by atoms with Gasteiger partial charge in [0.25, 0.3) is 10.1 Å². The fourth-order valence-electron chi connectivity index (χ4n) is 2.92. The quantitative estimate of drug-likeness (QED) is 0.409. The first-order valence-corrected chi connectivity index (χ1v) is 10.9. The van der Waals surface area contributed by atoms with E-state index < -0.39 is 47.2 Å². The fourth-order valence-corrected chi connectivity index (χ4v) is 3.86. The molecule has 168 valence electrons. The zero-order valence-corrected chi connectivity index (χ0v) is 17.7. The summed E-state index contributed by atoms with van der Waals surface area (Å²) in [6, 6.07) is 13.3. The minimum Gasteiger partial charge on any atom is -0.481 e. The van der Waals surface area contributed by atoms with Gasteiger partial charge in [-0.1, -0.05) is 48.0 Å². The van der Waals surface area contributed by atoms with Gasteiger partial charge in [-0.25, -0.2) is 0 Å². The molecule has 0 saturated carbocycles. The van der Waals surface area contributed by atoms with E-state index in [0.717, 1.165) is 5.56 Å². The fraction of sp³-hybridized carbons (Fsp3) is 0.333. The number of nitrogens with zero attached hydrogens (tertiary/aromatic N) is 1. The van der Waals surface area contributed by atoms with Crippen LogP contribution in [0.3, 0.4) is 0 Å². The minimum atomic E-state index is -4.11. The molecule has 0 radical (unpaired) electrons. The Morgan fingerprint density at radius 1 is 1.03 bits per heavy atom. The highest BCUT2D eigenvalue weighted by molar-refractivity contribution is 7.86. The van der Waals surface area contributed by atoms with Crippen LogP contribution in [0.1, 0.15) is 17.5 Å². The summed E-state index contributed by atoms with van der Waals surface area (Å²) in [6.07, 6.45) is -2.06. The van der Waals surface area contributed by atoms with Crippen molar-refractivity contribution in [3.63, 3.8) is 0 Å². The van der Waals surface area contributed by atoms with Crippen molar-refractivity contribution in [3.8, 4) is 0 Å². The number of benzene rings is 2. The van der Waals surface area contributed by atoms with Crippen LogP contribution in [-0.2, 0) is 30.4 Å². The van der Waals surface area contributed by atoms with E-state index in [-0.39, 0.29) is 18.0 Å². The average molecular weight is 451 g/mol. The molecule has 31 heavy (non-hydrogen) atoms. The van der Waals surface area contributed by atoms with Crippen molar-refractivity contribution in [1.82, 2.24) is 4.90 Å². The molecule has 0 aliphatic carbocycles. The zero-order chi connectivity index (χ0) is 23.0. The Morgan fingerprint density at radius 2 is 1.65 bits per heavy atom. The third-order valence-electron chi connectivity index (χ3n) is 4.49. The van der Waals surface area contributed by atoms with E-state index in [9.17, 15) is 28.2 Å². The zero-order valence-electron chi connectivity index (χ0n) is 16.9. The summed E-state index contributed by atoms with van der Waals surface area (Å²) in [6.45, 7) is 0.939. The molecule has 2 atom stereocenters. The van der Waals surface area contributed by atoms with Crippen LogP contribution in [0.25, 0.3) is 0 Å². The van der Waals surface area contributed by atoms with Gasteiger partial charge in [-0.2, -0.15) is 8.42 Å². The summed E-state index contributed by atoms with van der Waals surface area (Å²) in [5.41, 5.74) is 1.58. The molecule has 0 bridgehead atoms. The lowest BCUT2D eigenvalue weighted by molar-refractivity contribution is -0.150. The summed E-state index contributed by atoms with van der Waals surface area (Å²) >= 11 is 0. The second-order valence-electron chi connectivity index (χ2n) is 7.07. The maximum atomic E-state index is 12.3. The third-order valence-corrected chi connectivity index (χ3v) is 5.79. The van der Waals surface area contributed by atoms with Crippen LogP contribution in [0.4, 0.5) is 0 Å². The Kier molecular flexibility index (Phi) is 8.69. The Balaban J connectivity index is 2.11. The third kappa shape index (κ3) is 7.76. The van der Waals surface area contributed by atoms with E-state index in [1.807, 2.05) is 0 Å². The van der Waals surface area contributed by atoms with Crippen LogP contribution in [0.15, 0.2) is 59.5 Å². The van der Waals surface area contributed by atoms with Crippen LogP contribution in [-0.4, -0.2) is 65.9 Å². The lowest BCUT2D eigenvalue weighted by Gasteiger charge is -2.29. The molecule has 2 aromatic carbocycles. The van der Waals surface area contributed by atoms with Crippen molar-refractivity contribution < 1.29 is 37.5 Å². The smallest absolute Gasteiger partial charge is 0.321 e. The van der Waals surface area contributed by atoms with Gasteiger partial charge in [0.2, 0.25) is 0 Å². The molecule has 0 aliphatic rings. The Morgan fingerprint density at radius 3 is 2.19 bits per heavy atom. The molecule has 0 heterocycles. The topological polar surface area (TPSA) is 141 Å². The maximum absolute atomic E-state index is 12.3. The molecule has 9 nitrogen and oxygen atoms in total. The number of aliphatic hydroxyl groups is 1. The largest absolute Gasteiger partial charge is 0.481 e. The lowest BCUT2D eigenvalue weighted by Crippen LogP contribution is -2.46. The number of hydrogen-bond donors (Lipinski definition) is 3. The number of aryl methyl sites for hydroxylation is 1. The van der Waals surface area contributed by atoms with Gasteiger partial charge in [-0.3, -0.25) is 18.7 Å². The molecule has 2 rings (SSSR count). The molecule has 1 unspecified atom stereocenters. The first-order valence-electron chi connectivity index (χ1n) is 9.45. The van der Waals surface area contributed by atoms with Gasteiger partial charge in [-0.15, -0.1) is 0 Å². The van der Waals surface area contributed by atoms with Crippen LogP contribution in [0.5, 0.6) is 0 Å². The molecule has 3 N–H and O–H groups in total. The molecule has 2 aromatic rings. The van der Waals surface area contributed by atoms with Crippen molar-refractivity contribution in [2.45, 2.75) is 36.9 Å². The van der Waals surface area contributed by atoms with Crippen molar-refractivity contribution in [2.75, 3.05) is 13.2 Å². The highest BCUT2D eigenvalue weighted by Crippen LogP contribution is 2.16. The number of carboxylic acids is 2. The maximum Gasteiger partial charge on any atom is 0.321 e. The van der Waals surface area contributed by atoms with Crippen LogP contribution < -0.4 is 0 Å². The van der Waals surface area contributed by atoms with Crippen molar-refractivity contribution in [2.24, 2.45) is 0 Å². The first-order chi connectivity index (χ1) is 14.6. The van der Waals surface area contributed by atoms with Crippen LogP contribution in [0.2, 0.25) is 0 Å². The Bertz CT molecular complexity index is 976. The normalized spacial score (nSPS) is 13.6. The van der Waals surface area contributed by atoms with Gasteiger partial charge in [-0.05, 0) is 24.6 Å². The summed E-state index contributed by atoms with van der Waals surface area (Å²) < 4.78 is 29.5. The lowest BCUT2D eigenvalue weighted by atomic mass is 10.1. The van der Waals surface area contributed by atoms with Gasteiger partial charge in [0.05, 0.1) is 24.0 Å². The van der Waals surface area contributed by atoms with Crippen molar-refractivity contribution in [3.05, 3.63) is 65.7 Å². The van der Waals surface area contributed by atoms with E-state index in [0.29, 0.717) is 5.56 Å². The number of aliphatic hydroxyl groups excluding tert-OH is 1. The van der Waals surface area contributed by atoms with Gasteiger partial charge >= 0.3 is 11.9 Å².